The zero-order valence-corrected chi connectivity index (χ0v) is 13.1. The highest BCUT2D eigenvalue weighted by molar-refractivity contribution is 6.30. The molecule has 0 aliphatic rings. The Morgan fingerprint density at radius 2 is 1.91 bits per heavy atom. The van der Waals surface area contributed by atoms with Crippen LogP contribution in [0.5, 0.6) is 0 Å². The molecule has 0 saturated heterocycles. The Balaban J connectivity index is 2.14. The second-order valence-corrected chi connectivity index (χ2v) is 5.47. The molecule has 0 saturated carbocycles. The number of benzene rings is 2. The van der Waals surface area contributed by atoms with Crippen molar-refractivity contribution in [1.82, 2.24) is 15.0 Å². The summed E-state index contributed by atoms with van der Waals surface area (Å²) in [5, 5.41) is 9.14. The number of nitrogens with two attached hydrogens (primary N) is 1. The fraction of sp³-hybridized carbons (Fsp3) is 0.176. The molecule has 3 rings (SSSR count). The SMILES string of the molecule is CCc1ccc(-n2nnc(CN)c2-c2cccc(Cl)c2)cc1. The van der Waals surface area contributed by atoms with Crippen molar-refractivity contribution in [2.45, 2.75) is 19.9 Å². The van der Waals surface area contributed by atoms with Gasteiger partial charge in [-0.15, -0.1) is 5.10 Å². The van der Waals surface area contributed by atoms with E-state index in [0.29, 0.717) is 11.6 Å². The van der Waals surface area contributed by atoms with Gasteiger partial charge in [0.2, 0.25) is 0 Å². The van der Waals surface area contributed by atoms with Gasteiger partial charge < -0.3 is 5.73 Å². The average molecular weight is 313 g/mol. The number of aryl methyl sites for hydroxylation is 1. The highest BCUT2D eigenvalue weighted by Crippen LogP contribution is 2.27. The molecule has 4 nitrogen and oxygen atoms in total. The smallest absolute Gasteiger partial charge is 0.105 e. The molecular weight excluding hydrogens is 296 g/mol. The summed E-state index contributed by atoms with van der Waals surface area (Å²) < 4.78 is 1.81. The third-order valence-electron chi connectivity index (χ3n) is 3.62. The highest BCUT2D eigenvalue weighted by Gasteiger charge is 2.15. The van der Waals surface area contributed by atoms with Crippen molar-refractivity contribution in [3.05, 3.63) is 64.8 Å². The molecule has 0 radical (unpaired) electrons. The van der Waals surface area contributed by atoms with Crippen LogP contribution >= 0.6 is 11.6 Å². The Hall–Kier alpha value is -2.17. The lowest BCUT2D eigenvalue weighted by atomic mass is 10.1. The number of nitrogens with zero attached hydrogens (tertiary/aromatic N) is 3. The third kappa shape index (κ3) is 2.75. The van der Waals surface area contributed by atoms with Gasteiger partial charge in [-0.2, -0.15) is 0 Å². The van der Waals surface area contributed by atoms with E-state index in [2.05, 4.69) is 29.4 Å². The van der Waals surface area contributed by atoms with E-state index >= 15 is 0 Å². The number of hydrogen-bond donors (Lipinski definition) is 1. The van der Waals surface area contributed by atoms with Crippen molar-refractivity contribution < 1.29 is 0 Å². The van der Waals surface area contributed by atoms with Gasteiger partial charge in [0.15, 0.2) is 0 Å². The maximum Gasteiger partial charge on any atom is 0.105 e. The minimum Gasteiger partial charge on any atom is -0.325 e. The summed E-state index contributed by atoms with van der Waals surface area (Å²) in [6.07, 6.45) is 1.01. The molecule has 1 heterocycles. The first-order chi connectivity index (χ1) is 10.7. The van der Waals surface area contributed by atoms with Gasteiger partial charge in [-0.1, -0.05) is 48.0 Å². The summed E-state index contributed by atoms with van der Waals surface area (Å²) in [7, 11) is 0. The second-order valence-electron chi connectivity index (χ2n) is 5.03. The van der Waals surface area contributed by atoms with Gasteiger partial charge in [-0.05, 0) is 36.2 Å². The van der Waals surface area contributed by atoms with Crippen LogP contribution in [0.25, 0.3) is 16.9 Å². The Morgan fingerprint density at radius 3 is 2.55 bits per heavy atom. The van der Waals surface area contributed by atoms with Crippen LogP contribution in [-0.2, 0) is 13.0 Å². The molecule has 0 bridgehead atoms. The van der Waals surface area contributed by atoms with Crippen molar-refractivity contribution >= 4 is 11.6 Å². The maximum atomic E-state index is 6.11. The van der Waals surface area contributed by atoms with Crippen LogP contribution in [0.4, 0.5) is 0 Å². The molecule has 2 N–H and O–H groups in total. The average Bonchev–Trinajstić information content (AvgIpc) is 2.99. The van der Waals surface area contributed by atoms with Gasteiger partial charge in [0.1, 0.15) is 5.69 Å². The van der Waals surface area contributed by atoms with Gasteiger partial charge in [0, 0.05) is 17.1 Å². The Morgan fingerprint density at radius 1 is 1.14 bits per heavy atom. The minimum atomic E-state index is 0.328. The normalized spacial score (nSPS) is 10.9. The first-order valence-electron chi connectivity index (χ1n) is 7.22. The molecule has 0 aliphatic heterocycles. The van der Waals surface area contributed by atoms with E-state index in [-0.39, 0.29) is 0 Å². The van der Waals surface area contributed by atoms with Gasteiger partial charge >= 0.3 is 0 Å². The summed E-state index contributed by atoms with van der Waals surface area (Å²) >= 11 is 6.11. The highest BCUT2D eigenvalue weighted by atomic mass is 35.5. The lowest BCUT2D eigenvalue weighted by Gasteiger charge is -2.09. The van der Waals surface area contributed by atoms with Gasteiger partial charge in [-0.3, -0.25) is 0 Å². The van der Waals surface area contributed by atoms with Gasteiger partial charge in [0.05, 0.1) is 11.4 Å². The third-order valence-corrected chi connectivity index (χ3v) is 3.86. The second kappa shape index (κ2) is 6.30. The standard InChI is InChI=1S/C17H17ClN4/c1-2-12-6-8-15(9-7-12)22-17(16(11-19)20-21-22)13-4-3-5-14(18)10-13/h3-10H,2,11,19H2,1H3. The fourth-order valence-corrected chi connectivity index (χ4v) is 2.62. The molecule has 22 heavy (non-hydrogen) atoms. The number of rotatable bonds is 4. The van der Waals surface area contributed by atoms with Crippen LogP contribution in [0, 0.1) is 0 Å². The van der Waals surface area contributed by atoms with Crippen molar-refractivity contribution in [3.63, 3.8) is 0 Å². The number of halogens is 1. The molecule has 3 aromatic rings. The predicted molar refractivity (Wildman–Crippen MR) is 89.1 cm³/mol. The van der Waals surface area contributed by atoms with Crippen LogP contribution in [0.2, 0.25) is 5.02 Å². The molecule has 1 aromatic heterocycles. The topological polar surface area (TPSA) is 56.7 Å². The van der Waals surface area contributed by atoms with E-state index in [1.54, 1.807) is 0 Å². The van der Waals surface area contributed by atoms with Crippen LogP contribution in [0.1, 0.15) is 18.2 Å². The van der Waals surface area contributed by atoms with Gasteiger partial charge in [0.25, 0.3) is 0 Å². The Kier molecular flexibility index (Phi) is 4.22. The lowest BCUT2D eigenvalue weighted by molar-refractivity contribution is 0.799. The molecular formula is C17H17ClN4. The van der Waals surface area contributed by atoms with Crippen molar-refractivity contribution in [2.24, 2.45) is 5.73 Å². The summed E-state index contributed by atoms with van der Waals surface area (Å²) in [4.78, 5) is 0. The van der Waals surface area contributed by atoms with Crippen LogP contribution in [0.3, 0.4) is 0 Å². The maximum absolute atomic E-state index is 6.11. The Labute approximate surface area is 134 Å². The van der Waals surface area contributed by atoms with E-state index in [4.69, 9.17) is 17.3 Å². The van der Waals surface area contributed by atoms with Crippen LogP contribution in [0.15, 0.2) is 48.5 Å². The quantitative estimate of drug-likeness (QED) is 0.800. The fourth-order valence-electron chi connectivity index (χ4n) is 2.43. The number of aromatic nitrogens is 3. The summed E-state index contributed by atoms with van der Waals surface area (Å²) in [6, 6.07) is 15.9. The molecule has 0 unspecified atom stereocenters. The van der Waals surface area contributed by atoms with Crippen molar-refractivity contribution in [1.29, 1.82) is 0 Å². The van der Waals surface area contributed by atoms with E-state index < -0.39 is 0 Å². The summed E-state index contributed by atoms with van der Waals surface area (Å²) in [6.45, 7) is 2.46. The molecule has 0 amide bonds. The zero-order chi connectivity index (χ0) is 15.5. The molecule has 0 fully saturated rings. The van der Waals surface area contributed by atoms with Crippen molar-refractivity contribution in [3.8, 4) is 16.9 Å². The Bertz CT molecular complexity index is 778. The summed E-state index contributed by atoms with van der Waals surface area (Å²) in [5.41, 5.74) is 10.6. The predicted octanol–water partition coefficient (Wildman–Crippen LogP) is 3.61. The largest absolute Gasteiger partial charge is 0.325 e. The summed E-state index contributed by atoms with van der Waals surface area (Å²) in [5.74, 6) is 0. The molecule has 2 aromatic carbocycles. The minimum absolute atomic E-state index is 0.328. The molecule has 112 valence electrons. The molecule has 0 spiro atoms. The molecule has 0 atom stereocenters. The number of hydrogen-bond acceptors (Lipinski definition) is 3. The first kappa shape index (κ1) is 14.8. The van der Waals surface area contributed by atoms with Crippen molar-refractivity contribution in [2.75, 3.05) is 0 Å². The van der Waals surface area contributed by atoms with Crippen LogP contribution < -0.4 is 5.73 Å². The van der Waals surface area contributed by atoms with E-state index in [0.717, 1.165) is 29.1 Å². The van der Waals surface area contributed by atoms with E-state index in [1.807, 2.05) is 41.1 Å². The lowest BCUT2D eigenvalue weighted by Crippen LogP contribution is -2.02. The van der Waals surface area contributed by atoms with Crippen LogP contribution in [-0.4, -0.2) is 15.0 Å². The molecule has 0 aliphatic carbocycles. The van der Waals surface area contributed by atoms with Gasteiger partial charge in [-0.25, -0.2) is 4.68 Å². The zero-order valence-electron chi connectivity index (χ0n) is 12.3. The monoisotopic (exact) mass is 312 g/mol. The molecule has 5 heteroatoms. The first-order valence-corrected chi connectivity index (χ1v) is 7.60. The van der Waals surface area contributed by atoms with E-state index in [1.165, 1.54) is 5.56 Å². The van der Waals surface area contributed by atoms with E-state index in [9.17, 15) is 0 Å².